The Morgan fingerprint density at radius 1 is 1.50 bits per heavy atom. The maximum absolute atomic E-state index is 11.6. The number of nitrogens with two attached hydrogens (primary N) is 1. The molecule has 1 aliphatic heterocycles. The number of esters is 1. The van der Waals surface area contributed by atoms with Crippen LogP contribution in [-0.2, 0) is 27.3 Å². The molecule has 148 valence electrons. The zero-order valence-corrected chi connectivity index (χ0v) is 16.4. The van der Waals surface area contributed by atoms with Crippen molar-refractivity contribution in [3.8, 4) is 0 Å². The second-order valence-electron chi connectivity index (χ2n) is 6.88. The van der Waals surface area contributed by atoms with Gasteiger partial charge in [0.1, 0.15) is 5.82 Å². The van der Waals surface area contributed by atoms with E-state index in [9.17, 15) is 9.59 Å². The predicted octanol–water partition coefficient (Wildman–Crippen LogP) is 1.99. The maximum Gasteiger partial charge on any atom is 0.307 e. The third kappa shape index (κ3) is 8.47. The molecule has 2 N–H and O–H groups in total. The summed E-state index contributed by atoms with van der Waals surface area (Å²) in [5.41, 5.74) is 5.50. The van der Waals surface area contributed by atoms with Crippen LogP contribution in [0.3, 0.4) is 0 Å². The summed E-state index contributed by atoms with van der Waals surface area (Å²) in [6.07, 6.45) is 9.00. The Balaban J connectivity index is 0.000000350. The van der Waals surface area contributed by atoms with Gasteiger partial charge in [0, 0.05) is 44.5 Å². The van der Waals surface area contributed by atoms with E-state index in [0.29, 0.717) is 25.5 Å². The summed E-state index contributed by atoms with van der Waals surface area (Å²) >= 11 is 0. The molecule has 1 saturated heterocycles. The lowest BCUT2D eigenvalue weighted by Crippen LogP contribution is -2.25. The van der Waals surface area contributed by atoms with Gasteiger partial charge < -0.3 is 19.9 Å². The Hall–Kier alpha value is -1.89. The molecule has 1 amide bonds. The number of aromatic nitrogens is 2. The van der Waals surface area contributed by atoms with E-state index in [1.54, 1.807) is 11.1 Å². The first-order valence-electron chi connectivity index (χ1n) is 9.60. The molecular weight excluding hydrogens is 332 g/mol. The lowest BCUT2D eigenvalue weighted by Gasteiger charge is -2.10. The van der Waals surface area contributed by atoms with Crippen molar-refractivity contribution in [2.45, 2.75) is 65.5 Å². The van der Waals surface area contributed by atoms with Crippen LogP contribution in [0.1, 0.15) is 52.3 Å². The number of ether oxygens (including phenoxy) is 1. The Bertz CT molecular complexity index is 533. The number of likely N-dealkylation sites (tertiary alicyclic amines) is 1. The Kier molecular flexibility index (Phi) is 10.6. The molecule has 1 aromatic heterocycles. The number of carbonyl (C=O) groups excluding carboxylic acids is 2. The van der Waals surface area contributed by atoms with Crippen LogP contribution in [-0.4, -0.2) is 52.6 Å². The minimum Gasteiger partial charge on any atom is -0.465 e. The quantitative estimate of drug-likeness (QED) is 0.533. The average molecular weight is 367 g/mol. The van der Waals surface area contributed by atoms with Gasteiger partial charge >= 0.3 is 5.97 Å². The fourth-order valence-electron chi connectivity index (χ4n) is 2.54. The molecule has 2 unspecified atom stereocenters. The lowest BCUT2D eigenvalue weighted by molar-refractivity contribution is -0.145. The highest BCUT2D eigenvalue weighted by Gasteiger charge is 2.16. The molecule has 0 saturated carbocycles. The normalized spacial score (nSPS) is 17.4. The van der Waals surface area contributed by atoms with E-state index >= 15 is 0 Å². The van der Waals surface area contributed by atoms with E-state index in [1.165, 1.54) is 0 Å². The SMILES string of the molecule is CCCc1nccn1CCC(=O)OCC(C)CC.NC1CCN(C=O)C1. The van der Waals surface area contributed by atoms with Gasteiger partial charge in [-0.3, -0.25) is 9.59 Å². The van der Waals surface area contributed by atoms with Gasteiger partial charge in [0.25, 0.3) is 0 Å². The summed E-state index contributed by atoms with van der Waals surface area (Å²) in [6, 6.07) is 0.222. The van der Waals surface area contributed by atoms with Crippen molar-refractivity contribution >= 4 is 12.4 Å². The van der Waals surface area contributed by atoms with Crippen molar-refractivity contribution in [2.75, 3.05) is 19.7 Å². The minimum atomic E-state index is -0.119. The van der Waals surface area contributed by atoms with Gasteiger partial charge in [0.2, 0.25) is 6.41 Å². The van der Waals surface area contributed by atoms with Crippen molar-refractivity contribution in [3.05, 3.63) is 18.2 Å². The highest BCUT2D eigenvalue weighted by molar-refractivity contribution is 5.69. The standard InChI is InChI=1S/C14H24N2O2.C5H10N2O/c1-4-6-13-15-8-10-16(13)9-7-14(17)18-11-12(3)5-2;6-5-1-2-7(3-5)4-8/h8,10,12H,4-7,9,11H2,1-3H3;4-5H,1-3,6H2. The van der Waals surface area contributed by atoms with Gasteiger partial charge in [-0.25, -0.2) is 4.98 Å². The van der Waals surface area contributed by atoms with E-state index in [0.717, 1.165) is 51.0 Å². The van der Waals surface area contributed by atoms with Crippen LogP contribution in [0.25, 0.3) is 0 Å². The molecule has 1 aromatic rings. The second kappa shape index (κ2) is 12.5. The third-order valence-corrected chi connectivity index (χ3v) is 4.46. The fraction of sp³-hybridized carbons (Fsp3) is 0.737. The first-order chi connectivity index (χ1) is 12.5. The Morgan fingerprint density at radius 3 is 2.81 bits per heavy atom. The Morgan fingerprint density at radius 2 is 2.27 bits per heavy atom. The number of amides is 1. The van der Waals surface area contributed by atoms with Crippen LogP contribution < -0.4 is 5.73 Å². The summed E-state index contributed by atoms with van der Waals surface area (Å²) in [6.45, 7) is 9.08. The number of rotatable bonds is 9. The molecule has 2 atom stereocenters. The minimum absolute atomic E-state index is 0.119. The van der Waals surface area contributed by atoms with Gasteiger partial charge in [-0.1, -0.05) is 27.2 Å². The lowest BCUT2D eigenvalue weighted by atomic mass is 10.1. The number of imidazole rings is 1. The van der Waals surface area contributed by atoms with E-state index in [4.69, 9.17) is 10.5 Å². The van der Waals surface area contributed by atoms with Gasteiger partial charge in [-0.05, 0) is 18.8 Å². The first kappa shape index (κ1) is 22.2. The van der Waals surface area contributed by atoms with Crippen molar-refractivity contribution in [1.82, 2.24) is 14.5 Å². The van der Waals surface area contributed by atoms with Crippen molar-refractivity contribution in [1.29, 1.82) is 0 Å². The van der Waals surface area contributed by atoms with Crippen LogP contribution in [0.4, 0.5) is 0 Å². The van der Waals surface area contributed by atoms with E-state index in [1.807, 2.05) is 10.8 Å². The zero-order valence-electron chi connectivity index (χ0n) is 16.4. The number of nitrogens with zero attached hydrogens (tertiary/aromatic N) is 3. The maximum atomic E-state index is 11.6. The molecule has 0 spiro atoms. The van der Waals surface area contributed by atoms with Crippen molar-refractivity contribution < 1.29 is 14.3 Å². The molecule has 1 fully saturated rings. The molecule has 2 rings (SSSR count). The molecule has 0 radical (unpaired) electrons. The van der Waals surface area contributed by atoms with E-state index < -0.39 is 0 Å². The molecule has 0 aliphatic carbocycles. The highest BCUT2D eigenvalue weighted by Crippen LogP contribution is 2.05. The third-order valence-electron chi connectivity index (χ3n) is 4.46. The molecule has 7 nitrogen and oxygen atoms in total. The van der Waals surface area contributed by atoms with Crippen LogP contribution >= 0.6 is 0 Å². The summed E-state index contributed by atoms with van der Waals surface area (Å²) in [4.78, 5) is 27.6. The van der Waals surface area contributed by atoms with Gasteiger partial charge in [-0.2, -0.15) is 0 Å². The van der Waals surface area contributed by atoms with Crippen LogP contribution in [0.5, 0.6) is 0 Å². The van der Waals surface area contributed by atoms with Crippen molar-refractivity contribution in [3.63, 3.8) is 0 Å². The Labute approximate surface area is 156 Å². The number of hydrogen-bond acceptors (Lipinski definition) is 5. The topological polar surface area (TPSA) is 90.4 Å². The summed E-state index contributed by atoms with van der Waals surface area (Å²) < 4.78 is 7.26. The monoisotopic (exact) mass is 366 g/mol. The smallest absolute Gasteiger partial charge is 0.307 e. The average Bonchev–Trinajstić information content (AvgIpc) is 3.27. The molecule has 7 heteroatoms. The first-order valence-corrected chi connectivity index (χ1v) is 9.60. The zero-order chi connectivity index (χ0) is 19.4. The van der Waals surface area contributed by atoms with Crippen molar-refractivity contribution in [2.24, 2.45) is 11.7 Å². The molecule has 0 aromatic carbocycles. The van der Waals surface area contributed by atoms with Crippen LogP contribution in [0, 0.1) is 5.92 Å². The highest BCUT2D eigenvalue weighted by atomic mass is 16.5. The van der Waals surface area contributed by atoms with Gasteiger partial charge in [-0.15, -0.1) is 0 Å². The molecule has 26 heavy (non-hydrogen) atoms. The second-order valence-corrected chi connectivity index (χ2v) is 6.88. The largest absolute Gasteiger partial charge is 0.465 e. The fourth-order valence-corrected chi connectivity index (χ4v) is 2.54. The van der Waals surface area contributed by atoms with Crippen LogP contribution in [0.15, 0.2) is 12.4 Å². The summed E-state index contributed by atoms with van der Waals surface area (Å²) in [5, 5.41) is 0. The number of carbonyl (C=O) groups is 2. The molecule has 1 aliphatic rings. The van der Waals surface area contributed by atoms with E-state index in [2.05, 4.69) is 25.8 Å². The number of hydrogen-bond donors (Lipinski definition) is 1. The summed E-state index contributed by atoms with van der Waals surface area (Å²) in [5.74, 6) is 1.37. The van der Waals surface area contributed by atoms with Gasteiger partial charge in [0.05, 0.1) is 13.0 Å². The van der Waals surface area contributed by atoms with Crippen LogP contribution in [0.2, 0.25) is 0 Å². The predicted molar refractivity (Wildman–Crippen MR) is 101 cm³/mol. The molecule has 2 heterocycles. The molecular formula is C19H34N4O3. The number of aryl methyl sites for hydroxylation is 2. The summed E-state index contributed by atoms with van der Waals surface area (Å²) in [7, 11) is 0. The molecule has 0 bridgehead atoms. The van der Waals surface area contributed by atoms with Gasteiger partial charge in [0.15, 0.2) is 0 Å². The van der Waals surface area contributed by atoms with E-state index in [-0.39, 0.29) is 12.0 Å².